The van der Waals surface area contributed by atoms with Crippen molar-refractivity contribution in [1.29, 1.82) is 0 Å². The van der Waals surface area contributed by atoms with Crippen LogP contribution in [0.4, 0.5) is 4.39 Å². The molecule has 1 aliphatic rings. The molecular formula is C17H18FNO4S. The quantitative estimate of drug-likeness (QED) is 0.653. The molecule has 0 heterocycles. The zero-order valence-electron chi connectivity index (χ0n) is 13.6. The first-order chi connectivity index (χ1) is 11.1. The summed E-state index contributed by atoms with van der Waals surface area (Å²) >= 11 is 0. The number of nitrogens with one attached hydrogen (secondary N) is 1. The number of rotatable bonds is 5. The van der Waals surface area contributed by atoms with Gasteiger partial charge in [0.25, 0.3) is 0 Å². The number of sulfonamides is 1. The maximum Gasteiger partial charge on any atom is 0.242 e. The third-order valence-electron chi connectivity index (χ3n) is 4.03. The zero-order valence-corrected chi connectivity index (χ0v) is 14.4. The fourth-order valence-electron chi connectivity index (χ4n) is 2.46. The molecule has 0 saturated carbocycles. The molecule has 24 heavy (non-hydrogen) atoms. The van der Waals surface area contributed by atoms with E-state index in [4.69, 9.17) is 0 Å². The molecule has 0 saturated heterocycles. The van der Waals surface area contributed by atoms with E-state index in [0.717, 1.165) is 0 Å². The molecule has 0 amide bonds. The van der Waals surface area contributed by atoms with Crippen LogP contribution >= 0.6 is 0 Å². The molecule has 5 nitrogen and oxygen atoms in total. The van der Waals surface area contributed by atoms with E-state index in [1.165, 1.54) is 38.1 Å². The minimum absolute atomic E-state index is 0.00589. The lowest BCUT2D eigenvalue weighted by Crippen LogP contribution is -2.34. The van der Waals surface area contributed by atoms with Crippen LogP contribution in [0.1, 0.15) is 27.2 Å². The number of benzene rings is 1. The Morgan fingerprint density at radius 3 is 2.08 bits per heavy atom. The minimum Gasteiger partial charge on any atom is -0.289 e. The van der Waals surface area contributed by atoms with Crippen molar-refractivity contribution in [3.8, 4) is 0 Å². The highest BCUT2D eigenvalue weighted by Crippen LogP contribution is 2.27. The molecular weight excluding hydrogens is 333 g/mol. The van der Waals surface area contributed by atoms with Gasteiger partial charge in [-0.15, -0.1) is 0 Å². The average Bonchev–Trinajstić information content (AvgIpc) is 2.55. The summed E-state index contributed by atoms with van der Waals surface area (Å²) in [5.74, 6) is -0.744. The molecule has 0 bridgehead atoms. The Kier molecular flexibility index (Phi) is 5.15. The number of carbonyl (C=O) groups is 2. The van der Waals surface area contributed by atoms with Crippen molar-refractivity contribution in [2.24, 2.45) is 0 Å². The van der Waals surface area contributed by atoms with Crippen LogP contribution in [0.5, 0.6) is 0 Å². The Morgan fingerprint density at radius 1 is 0.958 bits per heavy atom. The number of carbonyl (C=O) groups excluding carboxylic acids is 2. The van der Waals surface area contributed by atoms with Gasteiger partial charge >= 0.3 is 0 Å². The lowest BCUT2D eigenvalue weighted by molar-refractivity contribution is -0.116. The summed E-state index contributed by atoms with van der Waals surface area (Å²) in [4.78, 5) is 24.2. The summed E-state index contributed by atoms with van der Waals surface area (Å²) in [6.45, 7) is 4.49. The number of allylic oxidation sites excluding steroid dienone is 3. The topological polar surface area (TPSA) is 80.3 Å². The second-order valence-electron chi connectivity index (χ2n) is 5.62. The van der Waals surface area contributed by atoms with E-state index < -0.39 is 28.5 Å². The van der Waals surface area contributed by atoms with Gasteiger partial charge < -0.3 is 0 Å². The molecule has 1 aromatic carbocycles. The van der Waals surface area contributed by atoms with Crippen molar-refractivity contribution in [1.82, 2.24) is 4.72 Å². The zero-order chi connectivity index (χ0) is 18.1. The van der Waals surface area contributed by atoms with E-state index in [2.05, 4.69) is 0 Å². The van der Waals surface area contributed by atoms with Gasteiger partial charge in [-0.3, -0.25) is 9.59 Å². The predicted molar refractivity (Wildman–Crippen MR) is 87.4 cm³/mol. The second-order valence-corrected chi connectivity index (χ2v) is 7.33. The van der Waals surface area contributed by atoms with Crippen LogP contribution in [-0.2, 0) is 19.6 Å². The molecule has 0 fully saturated rings. The first-order valence-corrected chi connectivity index (χ1v) is 8.81. The van der Waals surface area contributed by atoms with Crippen molar-refractivity contribution in [2.75, 3.05) is 0 Å². The highest BCUT2D eigenvalue weighted by atomic mass is 32.2. The van der Waals surface area contributed by atoms with Gasteiger partial charge in [-0.1, -0.05) is 18.2 Å². The Morgan fingerprint density at radius 2 is 1.50 bits per heavy atom. The van der Waals surface area contributed by atoms with Crippen molar-refractivity contribution >= 4 is 21.6 Å². The van der Waals surface area contributed by atoms with Crippen LogP contribution in [0.2, 0.25) is 0 Å². The number of ketones is 2. The fourth-order valence-corrected chi connectivity index (χ4v) is 3.53. The second kappa shape index (κ2) is 6.78. The average molecular weight is 351 g/mol. The van der Waals surface area contributed by atoms with Crippen molar-refractivity contribution < 1.29 is 22.4 Å². The summed E-state index contributed by atoms with van der Waals surface area (Å²) in [7, 11) is -4.04. The lowest BCUT2D eigenvalue weighted by Gasteiger charge is -2.20. The van der Waals surface area contributed by atoms with E-state index in [-0.39, 0.29) is 27.4 Å². The first-order valence-electron chi connectivity index (χ1n) is 7.33. The van der Waals surface area contributed by atoms with Gasteiger partial charge in [-0.25, -0.2) is 12.8 Å². The van der Waals surface area contributed by atoms with Gasteiger partial charge in [0.2, 0.25) is 10.0 Å². The maximum absolute atomic E-state index is 14.3. The number of hydrogen-bond acceptors (Lipinski definition) is 4. The monoisotopic (exact) mass is 351 g/mol. The Hall–Kier alpha value is -2.12. The highest BCUT2D eigenvalue weighted by Gasteiger charge is 2.30. The SMILES string of the molecule is CC1=C(C)C(=O)C(CC(F)NS(=O)(=O)c2ccccc2)=C(C)C1=O. The largest absolute Gasteiger partial charge is 0.289 e. The third-order valence-corrected chi connectivity index (χ3v) is 5.49. The van der Waals surface area contributed by atoms with Crippen LogP contribution in [0.15, 0.2) is 57.5 Å². The van der Waals surface area contributed by atoms with Gasteiger partial charge in [-0.2, -0.15) is 4.72 Å². The van der Waals surface area contributed by atoms with E-state index in [1.807, 2.05) is 4.72 Å². The lowest BCUT2D eigenvalue weighted by atomic mass is 9.84. The van der Waals surface area contributed by atoms with Crippen LogP contribution in [0, 0.1) is 0 Å². The van der Waals surface area contributed by atoms with Crippen molar-refractivity contribution in [3.63, 3.8) is 0 Å². The fraction of sp³-hybridized carbons (Fsp3) is 0.294. The van der Waals surface area contributed by atoms with E-state index in [1.54, 1.807) is 13.0 Å². The van der Waals surface area contributed by atoms with Crippen LogP contribution < -0.4 is 4.72 Å². The Balaban J connectivity index is 2.20. The van der Waals surface area contributed by atoms with Crippen LogP contribution in [0.3, 0.4) is 0 Å². The van der Waals surface area contributed by atoms with Gasteiger partial charge in [0.15, 0.2) is 17.9 Å². The Bertz CT molecular complexity index is 854. The van der Waals surface area contributed by atoms with Crippen molar-refractivity contribution in [2.45, 2.75) is 38.4 Å². The summed E-state index contributed by atoms with van der Waals surface area (Å²) in [5.41, 5.74) is 0.760. The number of Topliss-reactive ketones (excluding diaryl/α,β-unsaturated/α-hetero) is 2. The number of halogens is 1. The van der Waals surface area contributed by atoms with E-state index in [9.17, 15) is 22.4 Å². The van der Waals surface area contributed by atoms with Crippen LogP contribution in [0.25, 0.3) is 0 Å². The molecule has 1 atom stereocenters. The normalized spacial score (nSPS) is 17.5. The molecule has 1 aliphatic carbocycles. The van der Waals surface area contributed by atoms with E-state index >= 15 is 0 Å². The molecule has 0 radical (unpaired) electrons. The number of alkyl halides is 1. The molecule has 1 unspecified atom stereocenters. The summed E-state index contributed by atoms with van der Waals surface area (Å²) in [6, 6.07) is 7.36. The molecule has 2 rings (SSSR count). The minimum atomic E-state index is -4.04. The van der Waals surface area contributed by atoms with Gasteiger partial charge in [0.1, 0.15) is 0 Å². The summed E-state index contributed by atoms with van der Waals surface area (Å²) in [5, 5.41) is 0. The third kappa shape index (κ3) is 3.52. The van der Waals surface area contributed by atoms with Crippen molar-refractivity contribution in [3.05, 3.63) is 52.6 Å². The van der Waals surface area contributed by atoms with E-state index in [0.29, 0.717) is 5.57 Å². The smallest absolute Gasteiger partial charge is 0.242 e. The highest BCUT2D eigenvalue weighted by molar-refractivity contribution is 7.89. The molecule has 0 spiro atoms. The maximum atomic E-state index is 14.3. The molecule has 0 aromatic heterocycles. The first kappa shape index (κ1) is 18.2. The summed E-state index contributed by atoms with van der Waals surface area (Å²) in [6.07, 6.45) is -2.50. The molecule has 128 valence electrons. The summed E-state index contributed by atoms with van der Waals surface area (Å²) < 4.78 is 40.4. The molecule has 1 aromatic rings. The standard InChI is InChI=1S/C17H18FNO4S/c1-10-11(2)17(21)14(12(3)16(10)20)9-15(18)19-24(22,23)13-7-5-4-6-8-13/h4-8,15,19H,9H2,1-3H3. The van der Waals surface area contributed by atoms with Gasteiger partial charge in [0.05, 0.1) is 4.90 Å². The molecule has 0 aliphatic heterocycles. The number of hydrogen-bond donors (Lipinski definition) is 1. The van der Waals surface area contributed by atoms with Gasteiger partial charge in [0, 0.05) is 28.7 Å². The molecule has 1 N–H and O–H groups in total. The van der Waals surface area contributed by atoms with Crippen LogP contribution in [-0.4, -0.2) is 26.3 Å². The Labute approximate surface area is 140 Å². The van der Waals surface area contributed by atoms with Gasteiger partial charge in [-0.05, 0) is 32.9 Å². The molecule has 7 heteroatoms. The predicted octanol–water partition coefficient (Wildman–Crippen LogP) is 2.46.